The zero-order valence-electron chi connectivity index (χ0n) is 14.7. The first kappa shape index (κ1) is 18.8. The van der Waals surface area contributed by atoms with Crippen molar-refractivity contribution in [3.8, 4) is 0 Å². The van der Waals surface area contributed by atoms with Crippen molar-refractivity contribution < 1.29 is 24.4 Å². The molecule has 1 aliphatic rings. The summed E-state index contributed by atoms with van der Waals surface area (Å²) in [6.07, 6.45) is 3.03. The highest BCUT2D eigenvalue weighted by molar-refractivity contribution is 5.85. The smallest absolute Gasteiger partial charge is 0.308 e. The summed E-state index contributed by atoms with van der Waals surface area (Å²) in [5, 5.41) is 23.7. The van der Waals surface area contributed by atoms with Gasteiger partial charge in [-0.1, -0.05) is 0 Å². The van der Waals surface area contributed by atoms with Crippen molar-refractivity contribution >= 4 is 28.5 Å². The lowest BCUT2D eigenvalue weighted by molar-refractivity contribution is -0.384. The fourth-order valence-corrected chi connectivity index (χ4v) is 3.45. The molecule has 9 heteroatoms. The molecule has 1 aromatic heterocycles. The normalized spacial score (nSPS) is 16.1. The second-order valence-electron chi connectivity index (χ2n) is 6.64. The highest BCUT2D eigenvalue weighted by Crippen LogP contribution is 2.24. The van der Waals surface area contributed by atoms with Gasteiger partial charge in [-0.25, -0.2) is 0 Å². The van der Waals surface area contributed by atoms with Crippen LogP contribution in [0.5, 0.6) is 0 Å². The Morgan fingerprint density at radius 2 is 2.07 bits per heavy atom. The number of hydrogen-bond acceptors (Lipinski definition) is 5. The van der Waals surface area contributed by atoms with Gasteiger partial charge in [-0.15, -0.1) is 0 Å². The van der Waals surface area contributed by atoms with E-state index < -0.39 is 16.8 Å². The van der Waals surface area contributed by atoms with Crippen molar-refractivity contribution in [1.29, 1.82) is 0 Å². The largest absolute Gasteiger partial charge is 0.481 e. The van der Waals surface area contributed by atoms with Crippen molar-refractivity contribution in [2.75, 3.05) is 19.8 Å². The maximum absolute atomic E-state index is 12.3. The number of nitro groups is 1. The number of non-ortho nitro benzene ring substituents is 1. The van der Waals surface area contributed by atoms with Crippen molar-refractivity contribution in [3.05, 3.63) is 40.6 Å². The molecule has 1 saturated heterocycles. The van der Waals surface area contributed by atoms with Crippen molar-refractivity contribution in [3.63, 3.8) is 0 Å². The zero-order chi connectivity index (χ0) is 19.4. The van der Waals surface area contributed by atoms with Crippen LogP contribution in [0.3, 0.4) is 0 Å². The van der Waals surface area contributed by atoms with Crippen LogP contribution in [0.25, 0.3) is 10.9 Å². The summed E-state index contributed by atoms with van der Waals surface area (Å²) < 4.78 is 6.94. The first-order valence-electron chi connectivity index (χ1n) is 8.76. The summed E-state index contributed by atoms with van der Waals surface area (Å²) in [6.45, 7) is 1.18. The van der Waals surface area contributed by atoms with Crippen LogP contribution < -0.4 is 5.32 Å². The lowest BCUT2D eigenvalue weighted by atomic mass is 9.86. The van der Waals surface area contributed by atoms with E-state index >= 15 is 0 Å². The van der Waals surface area contributed by atoms with Crippen LogP contribution in [0.4, 0.5) is 5.69 Å². The Balaban J connectivity index is 1.62. The van der Waals surface area contributed by atoms with Gasteiger partial charge in [0.05, 0.1) is 10.8 Å². The Labute approximate surface area is 155 Å². The second kappa shape index (κ2) is 8.17. The fourth-order valence-electron chi connectivity index (χ4n) is 3.45. The van der Waals surface area contributed by atoms with Gasteiger partial charge in [0, 0.05) is 49.0 Å². The third-order valence-electron chi connectivity index (χ3n) is 4.95. The average molecular weight is 375 g/mol. The summed E-state index contributed by atoms with van der Waals surface area (Å²) in [5.74, 6) is -1.86. The van der Waals surface area contributed by atoms with Crippen LogP contribution >= 0.6 is 0 Å². The molecule has 2 heterocycles. The molecule has 1 unspecified atom stereocenters. The number of fused-ring (bicyclic) bond motifs is 1. The predicted molar refractivity (Wildman–Crippen MR) is 96.3 cm³/mol. The average Bonchev–Trinajstić information content (AvgIpc) is 3.04. The van der Waals surface area contributed by atoms with Crippen LogP contribution in [-0.4, -0.2) is 46.2 Å². The van der Waals surface area contributed by atoms with Crippen LogP contribution in [0.2, 0.25) is 0 Å². The van der Waals surface area contributed by atoms with Crippen LogP contribution in [0, 0.1) is 22.0 Å². The molecule has 0 bridgehead atoms. The third-order valence-corrected chi connectivity index (χ3v) is 4.95. The number of carboxylic acid groups (broad SMARTS) is 1. The van der Waals surface area contributed by atoms with Gasteiger partial charge in [0.1, 0.15) is 6.54 Å². The molecule has 0 saturated carbocycles. The SMILES string of the molecule is O=C(Cn1ccc2cc([N+](=O)[O-])ccc21)NCC(C(=O)O)C1CCOCC1. The molecule has 0 spiro atoms. The molecule has 1 aliphatic heterocycles. The van der Waals surface area contributed by atoms with E-state index in [4.69, 9.17) is 4.74 Å². The van der Waals surface area contributed by atoms with Gasteiger partial charge in [0.15, 0.2) is 0 Å². The minimum Gasteiger partial charge on any atom is -0.481 e. The molecule has 1 aromatic carbocycles. The van der Waals surface area contributed by atoms with Gasteiger partial charge < -0.3 is 19.7 Å². The number of hydrogen-bond donors (Lipinski definition) is 2. The minimum atomic E-state index is -0.916. The molecule has 9 nitrogen and oxygen atoms in total. The molecule has 1 amide bonds. The standard InChI is InChI=1S/C18H21N3O6/c22-17(19-10-15(18(23)24)12-4-7-27-8-5-12)11-20-6-3-13-9-14(21(25)26)1-2-16(13)20/h1-3,6,9,12,15H,4-5,7-8,10-11H2,(H,19,22)(H,23,24). The van der Waals surface area contributed by atoms with Gasteiger partial charge in [0.2, 0.25) is 5.91 Å². The summed E-state index contributed by atoms with van der Waals surface area (Å²) >= 11 is 0. The predicted octanol–water partition coefficient (Wildman–Crippen LogP) is 1.79. The number of nitrogens with zero attached hydrogens (tertiary/aromatic N) is 2. The zero-order valence-corrected chi connectivity index (χ0v) is 14.7. The summed E-state index contributed by atoms with van der Waals surface area (Å²) in [6, 6.07) is 6.15. The number of aliphatic carboxylic acids is 1. The fraction of sp³-hybridized carbons (Fsp3) is 0.444. The van der Waals surface area contributed by atoms with Crippen LogP contribution in [-0.2, 0) is 20.9 Å². The van der Waals surface area contributed by atoms with E-state index in [-0.39, 0.29) is 30.6 Å². The number of ether oxygens (including phenoxy) is 1. The Morgan fingerprint density at radius 3 is 2.74 bits per heavy atom. The number of nitro benzene ring substituents is 1. The van der Waals surface area contributed by atoms with E-state index in [1.165, 1.54) is 12.1 Å². The molecule has 2 aromatic rings. The maximum Gasteiger partial charge on any atom is 0.308 e. The third kappa shape index (κ3) is 4.43. The minimum absolute atomic E-state index is 0.00883. The molecular formula is C18H21N3O6. The molecule has 27 heavy (non-hydrogen) atoms. The van der Waals surface area contributed by atoms with Gasteiger partial charge >= 0.3 is 5.97 Å². The van der Waals surface area contributed by atoms with Crippen molar-refractivity contribution in [2.45, 2.75) is 19.4 Å². The molecule has 144 valence electrons. The Morgan fingerprint density at radius 1 is 1.33 bits per heavy atom. The van der Waals surface area contributed by atoms with E-state index in [1.807, 2.05) is 0 Å². The molecule has 3 rings (SSSR count). The van der Waals surface area contributed by atoms with Gasteiger partial charge in [-0.3, -0.25) is 19.7 Å². The molecule has 0 radical (unpaired) electrons. The number of rotatable bonds is 7. The highest BCUT2D eigenvalue weighted by Gasteiger charge is 2.30. The van der Waals surface area contributed by atoms with Gasteiger partial charge in [0.25, 0.3) is 5.69 Å². The lowest BCUT2D eigenvalue weighted by Crippen LogP contribution is -2.39. The van der Waals surface area contributed by atoms with E-state index in [0.29, 0.717) is 37.0 Å². The number of amides is 1. The lowest BCUT2D eigenvalue weighted by Gasteiger charge is -2.27. The van der Waals surface area contributed by atoms with E-state index in [9.17, 15) is 24.8 Å². The first-order valence-corrected chi connectivity index (χ1v) is 8.76. The summed E-state index contributed by atoms with van der Waals surface area (Å²) in [7, 11) is 0. The van der Waals surface area contributed by atoms with Gasteiger partial charge in [-0.2, -0.15) is 0 Å². The first-order chi connectivity index (χ1) is 13.0. The summed E-state index contributed by atoms with van der Waals surface area (Å²) in [5.41, 5.74) is 0.695. The van der Waals surface area contributed by atoms with Crippen molar-refractivity contribution in [2.24, 2.45) is 11.8 Å². The molecule has 2 N–H and O–H groups in total. The number of nitrogens with one attached hydrogen (secondary N) is 1. The Bertz CT molecular complexity index is 856. The van der Waals surface area contributed by atoms with Crippen LogP contribution in [0.15, 0.2) is 30.5 Å². The molecule has 1 fully saturated rings. The Kier molecular flexibility index (Phi) is 5.70. The summed E-state index contributed by atoms with van der Waals surface area (Å²) in [4.78, 5) is 34.2. The Hall–Kier alpha value is -2.94. The van der Waals surface area contributed by atoms with Crippen LogP contribution in [0.1, 0.15) is 12.8 Å². The number of carbonyl (C=O) groups is 2. The van der Waals surface area contributed by atoms with Gasteiger partial charge in [-0.05, 0) is 30.9 Å². The van der Waals surface area contributed by atoms with Crippen molar-refractivity contribution in [1.82, 2.24) is 9.88 Å². The number of carboxylic acids is 1. The maximum atomic E-state index is 12.3. The second-order valence-corrected chi connectivity index (χ2v) is 6.64. The number of aromatic nitrogens is 1. The molecule has 1 atom stereocenters. The molecule has 0 aliphatic carbocycles. The quantitative estimate of drug-likeness (QED) is 0.562. The molecular weight excluding hydrogens is 354 g/mol. The van der Waals surface area contributed by atoms with E-state index in [0.717, 1.165) is 0 Å². The monoisotopic (exact) mass is 375 g/mol. The van der Waals surface area contributed by atoms with E-state index in [1.54, 1.807) is 22.9 Å². The highest BCUT2D eigenvalue weighted by atomic mass is 16.6. The van der Waals surface area contributed by atoms with E-state index in [2.05, 4.69) is 5.32 Å². The topological polar surface area (TPSA) is 124 Å². The number of benzene rings is 1. The number of carbonyl (C=O) groups excluding carboxylic acids is 1.